The highest BCUT2D eigenvalue weighted by Gasteiger charge is 2.27. The summed E-state index contributed by atoms with van der Waals surface area (Å²) in [5.74, 6) is -0.432. The van der Waals surface area contributed by atoms with E-state index in [1.54, 1.807) is 37.5 Å². The molecule has 0 aliphatic carbocycles. The Balaban J connectivity index is 2.04. The number of hydrogen-bond donors (Lipinski definition) is 1. The molecule has 2 aromatic heterocycles. The maximum Gasteiger partial charge on any atom is 0.276 e. The molecule has 168 valence electrons. The summed E-state index contributed by atoms with van der Waals surface area (Å²) in [4.78, 5) is 32.0. The second-order valence-corrected chi connectivity index (χ2v) is 9.34. The molecule has 0 bridgehead atoms. The molecular formula is C21H19Br2Cl2N5O2. The summed E-state index contributed by atoms with van der Waals surface area (Å²) in [5.41, 5.74) is 0.862. The largest absolute Gasteiger partial charge is 0.352 e. The molecule has 11 heteroatoms. The van der Waals surface area contributed by atoms with Crippen LogP contribution in [-0.4, -0.2) is 40.2 Å². The van der Waals surface area contributed by atoms with Gasteiger partial charge in [0.05, 0.1) is 16.3 Å². The van der Waals surface area contributed by atoms with E-state index in [2.05, 4.69) is 47.3 Å². The number of benzene rings is 1. The molecule has 32 heavy (non-hydrogen) atoms. The molecule has 0 radical (unpaired) electrons. The monoisotopic (exact) mass is 601 g/mol. The lowest BCUT2D eigenvalue weighted by Crippen LogP contribution is -2.32. The lowest BCUT2D eigenvalue weighted by Gasteiger charge is -2.22. The first kappa shape index (κ1) is 24.7. The smallest absolute Gasteiger partial charge is 0.276 e. The van der Waals surface area contributed by atoms with Crippen LogP contribution < -0.4 is 10.2 Å². The van der Waals surface area contributed by atoms with Gasteiger partial charge in [-0.05, 0) is 62.5 Å². The number of amides is 2. The molecule has 1 N–H and O–H groups in total. The van der Waals surface area contributed by atoms with Gasteiger partial charge in [-0.3, -0.25) is 9.59 Å². The quantitative estimate of drug-likeness (QED) is 0.341. The Morgan fingerprint density at radius 1 is 1.22 bits per heavy atom. The van der Waals surface area contributed by atoms with Crippen LogP contribution in [0.4, 0.5) is 5.69 Å². The van der Waals surface area contributed by atoms with Crippen LogP contribution >= 0.6 is 55.1 Å². The Bertz CT molecular complexity index is 1170. The fourth-order valence-corrected chi connectivity index (χ4v) is 4.68. The molecule has 0 fully saturated rings. The van der Waals surface area contributed by atoms with Crippen LogP contribution in [0.3, 0.4) is 0 Å². The van der Waals surface area contributed by atoms with E-state index >= 15 is 0 Å². The molecule has 2 amide bonds. The third-order valence-electron chi connectivity index (χ3n) is 4.57. The number of halogens is 4. The Labute approximate surface area is 212 Å². The number of pyridine rings is 1. The first-order chi connectivity index (χ1) is 15.2. The van der Waals surface area contributed by atoms with Gasteiger partial charge in [-0.1, -0.05) is 36.5 Å². The number of nitrogens with zero attached hydrogens (tertiary/aromatic N) is 4. The molecule has 0 atom stereocenters. The molecular weight excluding hydrogens is 585 g/mol. The zero-order valence-corrected chi connectivity index (χ0v) is 21.9. The summed E-state index contributed by atoms with van der Waals surface area (Å²) in [5, 5.41) is 7.88. The second-order valence-electron chi connectivity index (χ2n) is 6.83. The fraction of sp³-hybridized carbons (Fsp3) is 0.238. The van der Waals surface area contributed by atoms with Gasteiger partial charge in [0.1, 0.15) is 10.3 Å². The predicted molar refractivity (Wildman–Crippen MR) is 133 cm³/mol. The minimum atomic E-state index is -0.421. The summed E-state index contributed by atoms with van der Waals surface area (Å²) >= 11 is 19.2. The highest BCUT2D eigenvalue weighted by molar-refractivity contribution is 9.10. The number of aromatic nitrogens is 3. The van der Waals surface area contributed by atoms with E-state index in [9.17, 15) is 9.59 Å². The average Bonchev–Trinajstić information content (AvgIpc) is 3.14. The molecule has 2 heterocycles. The van der Waals surface area contributed by atoms with E-state index in [-0.39, 0.29) is 17.2 Å². The van der Waals surface area contributed by atoms with Crippen molar-refractivity contribution in [2.75, 3.05) is 18.5 Å². The van der Waals surface area contributed by atoms with Crippen molar-refractivity contribution in [2.24, 2.45) is 0 Å². The molecule has 3 rings (SSSR count). The predicted octanol–water partition coefficient (Wildman–Crippen LogP) is 5.91. The van der Waals surface area contributed by atoms with E-state index < -0.39 is 5.91 Å². The number of nitrogens with one attached hydrogen (secondary N) is 1. The molecule has 0 aliphatic rings. The van der Waals surface area contributed by atoms with Gasteiger partial charge in [0, 0.05) is 35.4 Å². The maximum atomic E-state index is 13.5. The van der Waals surface area contributed by atoms with E-state index in [4.69, 9.17) is 23.2 Å². The Kier molecular flexibility index (Phi) is 8.32. The molecule has 0 aliphatic heterocycles. The number of carbonyl (C=O) groups excluding carboxylic acids is 2. The van der Waals surface area contributed by atoms with Crippen LogP contribution in [0.15, 0.2) is 45.6 Å². The zero-order valence-electron chi connectivity index (χ0n) is 17.2. The summed E-state index contributed by atoms with van der Waals surface area (Å²) in [6.07, 6.45) is 3.35. The molecule has 0 spiro atoms. The Morgan fingerprint density at radius 2 is 1.97 bits per heavy atom. The van der Waals surface area contributed by atoms with Crippen molar-refractivity contribution in [1.29, 1.82) is 0 Å². The van der Waals surface area contributed by atoms with Crippen LogP contribution in [0.2, 0.25) is 10.0 Å². The highest BCUT2D eigenvalue weighted by Crippen LogP contribution is 2.34. The molecule has 3 aromatic rings. The zero-order chi connectivity index (χ0) is 23.4. The summed E-state index contributed by atoms with van der Waals surface area (Å²) < 4.78 is 2.29. The fourth-order valence-electron chi connectivity index (χ4n) is 3.03. The highest BCUT2D eigenvalue weighted by atomic mass is 79.9. The third-order valence-corrected chi connectivity index (χ3v) is 6.07. The first-order valence-corrected chi connectivity index (χ1v) is 12.0. The van der Waals surface area contributed by atoms with E-state index in [1.165, 1.54) is 15.6 Å². The van der Waals surface area contributed by atoms with Gasteiger partial charge < -0.3 is 10.2 Å². The van der Waals surface area contributed by atoms with Crippen molar-refractivity contribution >= 4 is 72.6 Å². The van der Waals surface area contributed by atoms with Gasteiger partial charge in [0.2, 0.25) is 0 Å². The second kappa shape index (κ2) is 10.8. The minimum absolute atomic E-state index is 0.208. The maximum absolute atomic E-state index is 13.5. The third kappa shape index (κ3) is 5.33. The lowest BCUT2D eigenvalue weighted by molar-refractivity contribution is 0.0953. The van der Waals surface area contributed by atoms with Crippen molar-refractivity contribution in [3.05, 3.63) is 66.9 Å². The lowest BCUT2D eigenvalue weighted by atomic mass is 10.1. The van der Waals surface area contributed by atoms with Crippen LogP contribution in [0.1, 0.15) is 40.6 Å². The molecule has 0 saturated carbocycles. The van der Waals surface area contributed by atoms with E-state index in [0.29, 0.717) is 37.2 Å². The summed E-state index contributed by atoms with van der Waals surface area (Å²) in [6.45, 7) is 2.56. The van der Waals surface area contributed by atoms with Gasteiger partial charge >= 0.3 is 0 Å². The van der Waals surface area contributed by atoms with Gasteiger partial charge in [-0.25, -0.2) is 9.67 Å². The number of anilines is 1. The first-order valence-electron chi connectivity index (χ1n) is 9.66. The number of unbranched alkanes of at least 4 members (excludes halogenated alkanes) is 1. The number of rotatable bonds is 7. The topological polar surface area (TPSA) is 80.1 Å². The molecule has 1 aromatic carbocycles. The van der Waals surface area contributed by atoms with Crippen molar-refractivity contribution in [3.8, 4) is 5.82 Å². The number of hydrogen-bond acceptors (Lipinski definition) is 4. The summed E-state index contributed by atoms with van der Waals surface area (Å²) in [6, 6.07) is 8.08. The van der Waals surface area contributed by atoms with Gasteiger partial charge in [0.25, 0.3) is 11.8 Å². The van der Waals surface area contributed by atoms with Crippen molar-refractivity contribution in [1.82, 2.24) is 20.1 Å². The van der Waals surface area contributed by atoms with Crippen LogP contribution in [0.25, 0.3) is 5.82 Å². The standard InChI is InChI=1S/C21H19Br2Cl2N5O2/c1-3-4-7-27-20(31)13-9-12(24)10-14(22)18(13)29(2)21(32)16-11-17(23)28-30(16)19-15(25)6-5-8-26-19/h5-6,8-11H,3-4,7H2,1-2H3,(H,27,31). The summed E-state index contributed by atoms with van der Waals surface area (Å²) in [7, 11) is 1.57. The van der Waals surface area contributed by atoms with Crippen molar-refractivity contribution in [2.45, 2.75) is 19.8 Å². The van der Waals surface area contributed by atoms with Gasteiger partial charge in [-0.2, -0.15) is 5.10 Å². The minimum Gasteiger partial charge on any atom is -0.352 e. The van der Waals surface area contributed by atoms with Crippen molar-refractivity contribution < 1.29 is 9.59 Å². The van der Waals surface area contributed by atoms with Crippen LogP contribution in [0.5, 0.6) is 0 Å². The number of carbonyl (C=O) groups is 2. The normalized spacial score (nSPS) is 10.8. The van der Waals surface area contributed by atoms with Gasteiger partial charge in [-0.15, -0.1) is 0 Å². The van der Waals surface area contributed by atoms with Crippen LogP contribution in [0, 0.1) is 0 Å². The molecule has 0 saturated heterocycles. The van der Waals surface area contributed by atoms with Crippen molar-refractivity contribution in [3.63, 3.8) is 0 Å². The average molecular weight is 604 g/mol. The Morgan fingerprint density at radius 3 is 2.66 bits per heavy atom. The van der Waals surface area contributed by atoms with E-state index in [1.807, 2.05) is 6.92 Å². The van der Waals surface area contributed by atoms with Gasteiger partial charge in [0.15, 0.2) is 5.82 Å². The van der Waals surface area contributed by atoms with Crippen LogP contribution in [-0.2, 0) is 0 Å². The SMILES string of the molecule is CCCCNC(=O)c1cc(Cl)cc(Br)c1N(C)C(=O)c1cc(Br)nn1-c1ncccc1Cl. The molecule has 0 unspecified atom stereocenters. The molecule has 7 nitrogen and oxygen atoms in total. The van der Waals surface area contributed by atoms with E-state index in [0.717, 1.165) is 12.8 Å². The Hall–Kier alpha value is -1.94.